The van der Waals surface area contributed by atoms with Crippen molar-refractivity contribution in [2.24, 2.45) is 5.92 Å². The summed E-state index contributed by atoms with van der Waals surface area (Å²) in [6.45, 7) is 4.39. The maximum Gasteiger partial charge on any atom is 0.133 e. The zero-order valence-electron chi connectivity index (χ0n) is 9.68. The molecule has 0 radical (unpaired) electrons. The third-order valence-electron chi connectivity index (χ3n) is 2.69. The number of aliphatic hydroxyl groups is 1. The lowest BCUT2D eigenvalue weighted by Gasteiger charge is -2.15. The number of aliphatic hydroxyl groups excluding tert-OH is 1. The maximum atomic E-state index is 9.39. The number of halogens is 1. The largest absolute Gasteiger partial charge is 0.396 e. The highest BCUT2D eigenvalue weighted by Gasteiger charge is 2.18. The Morgan fingerprint density at radius 1 is 1.41 bits per heavy atom. The summed E-state index contributed by atoms with van der Waals surface area (Å²) in [4.78, 5) is 5.81. The van der Waals surface area contributed by atoms with Gasteiger partial charge in [0, 0.05) is 11.3 Å². The zero-order valence-corrected chi connectivity index (χ0v) is 12.9. The van der Waals surface area contributed by atoms with Gasteiger partial charge >= 0.3 is 0 Å². The van der Waals surface area contributed by atoms with Gasteiger partial charge in [-0.25, -0.2) is 4.98 Å². The number of thiophene rings is 1. The van der Waals surface area contributed by atoms with Crippen molar-refractivity contribution >= 4 is 38.6 Å². The summed E-state index contributed by atoms with van der Waals surface area (Å²) in [5, 5.41) is 12.5. The average Bonchev–Trinajstić information content (AvgIpc) is 2.87. The Morgan fingerprint density at radius 3 is 2.71 bits per heavy atom. The van der Waals surface area contributed by atoms with Crippen LogP contribution in [0.15, 0.2) is 21.3 Å². The number of aromatic nitrogens is 1. The molecule has 2 aromatic rings. The quantitative estimate of drug-likeness (QED) is 0.902. The van der Waals surface area contributed by atoms with Crippen LogP contribution in [0.4, 0.5) is 0 Å². The number of hydrogen-bond acceptors (Lipinski definition) is 4. The smallest absolute Gasteiger partial charge is 0.133 e. The van der Waals surface area contributed by atoms with E-state index >= 15 is 0 Å². The fourth-order valence-electron chi connectivity index (χ4n) is 1.64. The average molecular weight is 332 g/mol. The molecule has 1 unspecified atom stereocenters. The highest BCUT2D eigenvalue weighted by molar-refractivity contribution is 9.11. The van der Waals surface area contributed by atoms with Gasteiger partial charge in [0.2, 0.25) is 0 Å². The molecule has 2 nitrogen and oxygen atoms in total. The van der Waals surface area contributed by atoms with Crippen molar-refractivity contribution < 1.29 is 5.11 Å². The fraction of sp³-hybridized carbons (Fsp3) is 0.417. The molecule has 0 aliphatic heterocycles. The first kappa shape index (κ1) is 13.2. The molecule has 1 atom stereocenters. The highest BCUT2D eigenvalue weighted by atomic mass is 79.9. The monoisotopic (exact) mass is 331 g/mol. The molecular formula is C12H14BrNOS2. The third-order valence-corrected chi connectivity index (χ3v) is 5.34. The second kappa shape index (κ2) is 5.61. The minimum Gasteiger partial charge on any atom is -0.396 e. The molecular weight excluding hydrogens is 318 g/mol. The summed E-state index contributed by atoms with van der Waals surface area (Å²) < 4.78 is 1.12. The van der Waals surface area contributed by atoms with Crippen LogP contribution in [0.3, 0.4) is 0 Å². The van der Waals surface area contributed by atoms with Gasteiger partial charge in [0.15, 0.2) is 0 Å². The molecule has 17 heavy (non-hydrogen) atoms. The highest BCUT2D eigenvalue weighted by Crippen LogP contribution is 2.35. The van der Waals surface area contributed by atoms with E-state index in [0.29, 0.717) is 5.92 Å². The Balaban J connectivity index is 2.26. The molecule has 0 aliphatic carbocycles. The van der Waals surface area contributed by atoms with Crippen LogP contribution in [0.25, 0.3) is 9.88 Å². The first-order valence-electron chi connectivity index (χ1n) is 5.43. The van der Waals surface area contributed by atoms with Crippen molar-refractivity contribution in [3.05, 3.63) is 27.0 Å². The van der Waals surface area contributed by atoms with Crippen molar-refractivity contribution in [3.63, 3.8) is 0 Å². The molecule has 5 heteroatoms. The third kappa shape index (κ3) is 2.96. The molecule has 92 valence electrons. The lowest BCUT2D eigenvalue weighted by molar-refractivity contribution is 0.235. The summed E-state index contributed by atoms with van der Waals surface area (Å²) in [5.41, 5.74) is 1.01. The van der Waals surface area contributed by atoms with E-state index < -0.39 is 0 Å². The van der Waals surface area contributed by atoms with Crippen molar-refractivity contribution in [2.75, 3.05) is 6.61 Å². The predicted octanol–water partition coefficient (Wildman–Crippen LogP) is 4.37. The van der Waals surface area contributed by atoms with Gasteiger partial charge in [-0.1, -0.05) is 13.8 Å². The minimum atomic E-state index is 0.142. The van der Waals surface area contributed by atoms with E-state index in [1.807, 2.05) is 6.07 Å². The van der Waals surface area contributed by atoms with Crippen molar-refractivity contribution in [2.45, 2.75) is 19.8 Å². The lowest BCUT2D eigenvalue weighted by Crippen LogP contribution is -2.11. The molecule has 0 bridgehead atoms. The van der Waals surface area contributed by atoms with Gasteiger partial charge in [-0.05, 0) is 34.0 Å². The van der Waals surface area contributed by atoms with Crippen molar-refractivity contribution in [3.8, 4) is 9.88 Å². The Bertz CT molecular complexity index is 492. The summed E-state index contributed by atoms with van der Waals surface area (Å²) in [5.74, 6) is 0.549. The van der Waals surface area contributed by atoms with E-state index in [1.54, 1.807) is 22.7 Å². The van der Waals surface area contributed by atoms with E-state index in [-0.39, 0.29) is 12.5 Å². The van der Waals surface area contributed by atoms with Crippen LogP contribution in [0.1, 0.15) is 25.5 Å². The summed E-state index contributed by atoms with van der Waals surface area (Å²) >= 11 is 6.79. The topological polar surface area (TPSA) is 33.1 Å². The standard InChI is InChI=1S/C12H14BrNOS2/c1-7(2)8(5-15)9-6-16-12(14-9)10-3-4-11(13)17-10/h3-4,6-8,15H,5H2,1-2H3. The van der Waals surface area contributed by atoms with E-state index in [2.05, 4.69) is 46.2 Å². The summed E-state index contributed by atoms with van der Waals surface area (Å²) in [7, 11) is 0. The van der Waals surface area contributed by atoms with Crippen LogP contribution in [0.2, 0.25) is 0 Å². The molecule has 0 saturated carbocycles. The van der Waals surface area contributed by atoms with Gasteiger partial charge in [-0.3, -0.25) is 0 Å². The fourth-order valence-corrected chi connectivity index (χ4v) is 3.99. The Morgan fingerprint density at radius 2 is 2.18 bits per heavy atom. The van der Waals surface area contributed by atoms with Gasteiger partial charge in [0.1, 0.15) is 5.01 Å². The van der Waals surface area contributed by atoms with Gasteiger partial charge in [-0.2, -0.15) is 0 Å². The molecule has 0 amide bonds. The molecule has 2 heterocycles. The summed E-state index contributed by atoms with van der Waals surface area (Å²) in [6, 6.07) is 4.10. The Labute approximate surface area is 117 Å². The normalized spacial score (nSPS) is 13.2. The number of nitrogens with zero attached hydrogens (tertiary/aromatic N) is 1. The van der Waals surface area contributed by atoms with Crippen molar-refractivity contribution in [1.82, 2.24) is 4.98 Å². The molecule has 0 aromatic carbocycles. The van der Waals surface area contributed by atoms with Crippen LogP contribution >= 0.6 is 38.6 Å². The van der Waals surface area contributed by atoms with E-state index in [9.17, 15) is 5.11 Å². The minimum absolute atomic E-state index is 0.142. The van der Waals surface area contributed by atoms with Crippen LogP contribution in [-0.2, 0) is 0 Å². The first-order valence-corrected chi connectivity index (χ1v) is 7.92. The lowest BCUT2D eigenvalue weighted by atomic mass is 9.94. The Kier molecular flexibility index (Phi) is 4.36. The molecule has 1 N–H and O–H groups in total. The SMILES string of the molecule is CC(C)C(CO)c1csc(-c2ccc(Br)s2)n1. The van der Waals surface area contributed by atoms with Crippen LogP contribution < -0.4 is 0 Å². The molecule has 0 saturated heterocycles. The van der Waals surface area contributed by atoms with Crippen LogP contribution in [0.5, 0.6) is 0 Å². The number of thiazole rings is 1. The second-order valence-electron chi connectivity index (χ2n) is 4.21. The number of hydrogen-bond donors (Lipinski definition) is 1. The van der Waals surface area contributed by atoms with E-state index in [0.717, 1.165) is 14.5 Å². The molecule has 0 spiro atoms. The number of rotatable bonds is 4. The van der Waals surface area contributed by atoms with Gasteiger partial charge in [0.25, 0.3) is 0 Å². The van der Waals surface area contributed by atoms with E-state index in [4.69, 9.17) is 0 Å². The van der Waals surface area contributed by atoms with Crippen LogP contribution in [0, 0.1) is 5.92 Å². The van der Waals surface area contributed by atoms with Crippen molar-refractivity contribution in [1.29, 1.82) is 0 Å². The molecule has 0 fully saturated rings. The van der Waals surface area contributed by atoms with Crippen LogP contribution in [-0.4, -0.2) is 16.7 Å². The Hall–Kier alpha value is -0.230. The van der Waals surface area contributed by atoms with Gasteiger partial charge in [0.05, 0.1) is 21.0 Å². The van der Waals surface area contributed by atoms with E-state index in [1.165, 1.54) is 4.88 Å². The second-order valence-corrected chi connectivity index (χ2v) is 7.54. The first-order chi connectivity index (χ1) is 8.11. The maximum absolute atomic E-state index is 9.39. The van der Waals surface area contributed by atoms with Gasteiger partial charge < -0.3 is 5.11 Å². The summed E-state index contributed by atoms with van der Waals surface area (Å²) in [6.07, 6.45) is 0. The van der Waals surface area contributed by atoms with Gasteiger partial charge in [-0.15, -0.1) is 22.7 Å². The molecule has 2 aromatic heterocycles. The molecule has 2 rings (SSSR count). The zero-order chi connectivity index (χ0) is 12.4. The predicted molar refractivity (Wildman–Crippen MR) is 77.8 cm³/mol. The molecule has 0 aliphatic rings.